The zero-order valence-corrected chi connectivity index (χ0v) is 22.9. The van der Waals surface area contributed by atoms with E-state index in [9.17, 15) is 9.59 Å². The molecule has 0 radical (unpaired) electrons. The first-order chi connectivity index (χ1) is 17.5. The summed E-state index contributed by atoms with van der Waals surface area (Å²) < 4.78 is 2.02. The molecule has 1 aromatic heterocycles. The summed E-state index contributed by atoms with van der Waals surface area (Å²) in [5.74, 6) is 1.21. The Kier molecular flexibility index (Phi) is 9.46. The van der Waals surface area contributed by atoms with Gasteiger partial charge in [0.05, 0.1) is 11.8 Å². The second-order valence-corrected chi connectivity index (χ2v) is 11.3. The lowest BCUT2D eigenvalue weighted by atomic mass is 9.88. The van der Waals surface area contributed by atoms with Gasteiger partial charge in [0.2, 0.25) is 5.91 Å². The maximum atomic E-state index is 13.6. The highest BCUT2D eigenvalue weighted by molar-refractivity contribution is 7.99. The first-order valence-corrected chi connectivity index (χ1v) is 14.7. The number of hydrogen-bond acceptors (Lipinski definition) is 5. The third kappa shape index (κ3) is 6.50. The molecular formula is C28H41N5O2S. The van der Waals surface area contributed by atoms with Crippen LogP contribution in [-0.4, -0.2) is 49.3 Å². The van der Waals surface area contributed by atoms with Crippen molar-refractivity contribution >= 4 is 23.6 Å². The van der Waals surface area contributed by atoms with E-state index in [4.69, 9.17) is 0 Å². The van der Waals surface area contributed by atoms with Crippen LogP contribution in [0.25, 0.3) is 0 Å². The smallest absolute Gasteiger partial charge is 0.251 e. The van der Waals surface area contributed by atoms with Crippen LogP contribution in [0.5, 0.6) is 0 Å². The van der Waals surface area contributed by atoms with Gasteiger partial charge in [-0.15, -0.1) is 10.2 Å². The van der Waals surface area contributed by atoms with Crippen LogP contribution in [0, 0.1) is 6.92 Å². The van der Waals surface area contributed by atoms with Crippen molar-refractivity contribution in [3.05, 3.63) is 41.2 Å². The van der Waals surface area contributed by atoms with Gasteiger partial charge in [0, 0.05) is 24.2 Å². The molecule has 1 aromatic carbocycles. The Bertz CT molecular complexity index is 1010. The third-order valence-corrected chi connectivity index (χ3v) is 8.58. The number of carbonyl (C=O) groups excluding carboxylic acids is 2. The molecule has 7 nitrogen and oxygen atoms in total. The molecule has 2 fully saturated rings. The molecule has 0 aliphatic heterocycles. The number of hydrogen-bond donors (Lipinski definition) is 1. The first kappa shape index (κ1) is 26.7. The Morgan fingerprint density at radius 1 is 1.06 bits per heavy atom. The van der Waals surface area contributed by atoms with E-state index in [1.807, 2.05) is 49.6 Å². The van der Waals surface area contributed by atoms with Crippen LogP contribution in [0.1, 0.15) is 106 Å². The third-order valence-electron chi connectivity index (χ3n) is 7.63. The summed E-state index contributed by atoms with van der Waals surface area (Å²) in [4.78, 5) is 28.6. The number of nitrogens with zero attached hydrogens (tertiary/aromatic N) is 4. The normalized spacial score (nSPS) is 18.1. The minimum absolute atomic E-state index is 0.128. The number of nitrogens with one attached hydrogen (secondary N) is 1. The first-order valence-electron chi connectivity index (χ1n) is 13.7. The molecular weight excluding hydrogens is 470 g/mol. The number of thioether (sulfide) groups is 1. The summed E-state index contributed by atoms with van der Waals surface area (Å²) in [6.45, 7) is 6.63. The molecule has 196 valence electrons. The molecule has 0 unspecified atom stereocenters. The second-order valence-electron chi connectivity index (χ2n) is 10.3. The minimum atomic E-state index is -0.295. The van der Waals surface area contributed by atoms with Gasteiger partial charge in [-0.05, 0) is 58.6 Å². The monoisotopic (exact) mass is 511 g/mol. The Morgan fingerprint density at radius 3 is 2.28 bits per heavy atom. The Labute approximate surface area is 219 Å². The van der Waals surface area contributed by atoms with Crippen molar-refractivity contribution in [2.45, 2.75) is 115 Å². The van der Waals surface area contributed by atoms with Crippen LogP contribution in [0.3, 0.4) is 0 Å². The maximum Gasteiger partial charge on any atom is 0.251 e. The van der Waals surface area contributed by atoms with Crippen molar-refractivity contribution in [3.63, 3.8) is 0 Å². The lowest BCUT2D eigenvalue weighted by Crippen LogP contribution is -2.49. The van der Waals surface area contributed by atoms with Gasteiger partial charge in [0.15, 0.2) is 11.0 Å². The fourth-order valence-electron chi connectivity index (χ4n) is 5.78. The fourth-order valence-corrected chi connectivity index (χ4v) is 6.66. The average molecular weight is 512 g/mol. The molecule has 2 aliphatic rings. The summed E-state index contributed by atoms with van der Waals surface area (Å²) in [5.41, 5.74) is 1.68. The van der Waals surface area contributed by atoms with Crippen molar-refractivity contribution < 1.29 is 9.59 Å². The van der Waals surface area contributed by atoms with E-state index in [-0.39, 0.29) is 17.9 Å². The number of amides is 2. The number of carbonyl (C=O) groups is 2. The SMILES string of the molecule is CCn1c(SCC(=O)N(C2CCCCC2)C2CCCCC2)nnc1[C@H](C)NC(=O)c1cccc(C)c1. The molecule has 4 rings (SSSR count). The quantitative estimate of drug-likeness (QED) is 0.438. The van der Waals surface area contributed by atoms with Crippen LogP contribution < -0.4 is 5.32 Å². The highest BCUT2D eigenvalue weighted by Crippen LogP contribution is 2.31. The molecule has 2 aliphatic carbocycles. The van der Waals surface area contributed by atoms with Crippen molar-refractivity contribution in [2.75, 3.05) is 5.75 Å². The van der Waals surface area contributed by atoms with Gasteiger partial charge in [-0.25, -0.2) is 0 Å². The molecule has 1 atom stereocenters. The van der Waals surface area contributed by atoms with Crippen molar-refractivity contribution in [3.8, 4) is 0 Å². The number of benzene rings is 1. The molecule has 1 N–H and O–H groups in total. The lowest BCUT2D eigenvalue weighted by Gasteiger charge is -2.41. The highest BCUT2D eigenvalue weighted by atomic mass is 32.2. The van der Waals surface area contributed by atoms with Gasteiger partial charge >= 0.3 is 0 Å². The van der Waals surface area contributed by atoms with Crippen molar-refractivity contribution in [2.24, 2.45) is 0 Å². The Morgan fingerprint density at radius 2 is 1.69 bits per heavy atom. The van der Waals surface area contributed by atoms with Crippen LogP contribution in [0.2, 0.25) is 0 Å². The van der Waals surface area contributed by atoms with Crippen molar-refractivity contribution in [1.82, 2.24) is 25.0 Å². The summed E-state index contributed by atoms with van der Waals surface area (Å²) >= 11 is 1.48. The maximum absolute atomic E-state index is 13.6. The fraction of sp³-hybridized carbons (Fsp3) is 0.643. The van der Waals surface area contributed by atoms with E-state index >= 15 is 0 Å². The average Bonchev–Trinajstić information content (AvgIpc) is 3.32. The predicted octanol–water partition coefficient (Wildman–Crippen LogP) is 5.68. The van der Waals surface area contributed by atoms with E-state index in [0.717, 1.165) is 36.4 Å². The molecule has 1 heterocycles. The van der Waals surface area contributed by atoms with Crippen LogP contribution in [0.4, 0.5) is 0 Å². The summed E-state index contributed by atoms with van der Waals surface area (Å²) in [7, 11) is 0. The summed E-state index contributed by atoms with van der Waals surface area (Å²) in [5, 5.41) is 12.6. The summed E-state index contributed by atoms with van der Waals surface area (Å²) in [6.07, 6.45) is 12.1. The molecule has 2 amide bonds. The summed E-state index contributed by atoms with van der Waals surface area (Å²) in [6, 6.07) is 8.05. The molecule has 0 saturated heterocycles. The Hall–Kier alpha value is -2.35. The second kappa shape index (κ2) is 12.7. The Balaban J connectivity index is 1.42. The van der Waals surface area contributed by atoms with E-state index < -0.39 is 0 Å². The van der Waals surface area contributed by atoms with Gasteiger partial charge < -0.3 is 14.8 Å². The van der Waals surface area contributed by atoms with E-state index in [0.29, 0.717) is 35.8 Å². The minimum Gasteiger partial charge on any atom is -0.342 e. The van der Waals surface area contributed by atoms with Gasteiger partial charge in [-0.2, -0.15) is 0 Å². The van der Waals surface area contributed by atoms with Gasteiger partial charge in [0.25, 0.3) is 5.91 Å². The lowest BCUT2D eigenvalue weighted by molar-refractivity contribution is -0.135. The highest BCUT2D eigenvalue weighted by Gasteiger charge is 2.32. The van der Waals surface area contributed by atoms with Crippen LogP contribution in [-0.2, 0) is 11.3 Å². The predicted molar refractivity (Wildman–Crippen MR) is 144 cm³/mol. The number of aryl methyl sites for hydroxylation is 1. The zero-order valence-electron chi connectivity index (χ0n) is 22.0. The van der Waals surface area contributed by atoms with E-state index in [2.05, 4.69) is 20.4 Å². The van der Waals surface area contributed by atoms with Gasteiger partial charge in [0.1, 0.15) is 0 Å². The standard InChI is InChI=1S/C28H41N5O2S/c1-4-32-26(21(3)29-27(35)22-13-11-12-20(2)18-22)30-31-28(32)36-19-25(34)33(23-14-7-5-8-15-23)24-16-9-6-10-17-24/h11-13,18,21,23-24H,4-10,14-17,19H2,1-3H3,(H,29,35)/t21-/m0/s1. The molecule has 2 saturated carbocycles. The van der Waals surface area contributed by atoms with Gasteiger partial charge in [-0.3, -0.25) is 9.59 Å². The van der Waals surface area contributed by atoms with Crippen molar-refractivity contribution in [1.29, 1.82) is 0 Å². The molecule has 8 heteroatoms. The van der Waals surface area contributed by atoms with E-state index in [1.54, 1.807) is 0 Å². The zero-order chi connectivity index (χ0) is 25.5. The topological polar surface area (TPSA) is 80.1 Å². The van der Waals surface area contributed by atoms with Crippen LogP contribution >= 0.6 is 11.8 Å². The molecule has 0 bridgehead atoms. The number of rotatable bonds is 9. The van der Waals surface area contributed by atoms with E-state index in [1.165, 1.54) is 50.3 Å². The van der Waals surface area contributed by atoms with Crippen LogP contribution in [0.15, 0.2) is 29.4 Å². The largest absolute Gasteiger partial charge is 0.342 e. The molecule has 36 heavy (non-hydrogen) atoms. The molecule has 0 spiro atoms. The number of aromatic nitrogens is 3. The molecule has 2 aromatic rings. The van der Waals surface area contributed by atoms with Gasteiger partial charge in [-0.1, -0.05) is 68.0 Å².